The summed E-state index contributed by atoms with van der Waals surface area (Å²) in [6.07, 6.45) is 40.1. The summed E-state index contributed by atoms with van der Waals surface area (Å²) in [7, 11) is 0. The Morgan fingerprint density at radius 3 is 0.867 bits per heavy atom. The van der Waals surface area contributed by atoms with Crippen molar-refractivity contribution < 1.29 is 14.2 Å². The highest BCUT2D eigenvalue weighted by atomic mass is 16.5. The molecular formula is C42H77O3. The molecule has 0 saturated carbocycles. The van der Waals surface area contributed by atoms with Crippen molar-refractivity contribution in [2.75, 3.05) is 19.8 Å². The average molecular weight is 630 g/mol. The smallest absolute Gasteiger partial charge is 0.134 e. The lowest BCUT2D eigenvalue weighted by molar-refractivity contribution is 0.275. The van der Waals surface area contributed by atoms with Crippen molar-refractivity contribution in [2.24, 2.45) is 0 Å². The van der Waals surface area contributed by atoms with Crippen LogP contribution in [0.15, 0.2) is 12.1 Å². The van der Waals surface area contributed by atoms with Gasteiger partial charge in [-0.25, -0.2) is 0 Å². The van der Waals surface area contributed by atoms with E-state index in [0.29, 0.717) is 0 Å². The lowest BCUT2D eigenvalue weighted by Gasteiger charge is -2.13. The highest BCUT2D eigenvalue weighted by Gasteiger charge is 2.07. The zero-order valence-electron chi connectivity index (χ0n) is 30.7. The van der Waals surface area contributed by atoms with Crippen molar-refractivity contribution in [3.05, 3.63) is 18.2 Å². The molecule has 0 aromatic heterocycles. The monoisotopic (exact) mass is 630 g/mol. The van der Waals surface area contributed by atoms with E-state index in [4.69, 9.17) is 14.2 Å². The Hall–Kier alpha value is -1.38. The van der Waals surface area contributed by atoms with Crippen LogP contribution < -0.4 is 14.2 Å². The van der Waals surface area contributed by atoms with Crippen LogP contribution in [0, 0.1) is 6.07 Å². The normalized spacial score (nSPS) is 11.3. The lowest BCUT2D eigenvalue weighted by Crippen LogP contribution is -2.03. The number of ether oxygens (including phenoxy) is 3. The molecule has 3 heteroatoms. The Bertz CT molecular complexity index is 610. The van der Waals surface area contributed by atoms with Gasteiger partial charge in [-0.2, -0.15) is 0 Å². The molecule has 0 aliphatic heterocycles. The van der Waals surface area contributed by atoms with E-state index < -0.39 is 0 Å². The summed E-state index contributed by atoms with van der Waals surface area (Å²) in [5.74, 6) is 2.40. The van der Waals surface area contributed by atoms with Gasteiger partial charge in [0, 0.05) is 12.1 Å². The summed E-state index contributed by atoms with van der Waals surface area (Å²) in [6, 6.07) is 7.40. The van der Waals surface area contributed by atoms with E-state index in [1.165, 1.54) is 173 Å². The summed E-state index contributed by atoms with van der Waals surface area (Å²) >= 11 is 0. The van der Waals surface area contributed by atoms with Gasteiger partial charge in [-0.3, -0.25) is 0 Å². The van der Waals surface area contributed by atoms with Crippen LogP contribution in [0.4, 0.5) is 0 Å². The molecule has 1 aromatic carbocycles. The largest absolute Gasteiger partial charge is 0.493 e. The van der Waals surface area contributed by atoms with Crippen LogP contribution in [-0.2, 0) is 0 Å². The van der Waals surface area contributed by atoms with Gasteiger partial charge in [0.25, 0.3) is 0 Å². The fourth-order valence-electron chi connectivity index (χ4n) is 6.06. The summed E-state index contributed by atoms with van der Waals surface area (Å²) in [5.41, 5.74) is 0. The zero-order valence-corrected chi connectivity index (χ0v) is 30.7. The summed E-state index contributed by atoms with van der Waals surface area (Å²) < 4.78 is 18.5. The maximum Gasteiger partial charge on any atom is 0.134 e. The van der Waals surface area contributed by atoms with Gasteiger partial charge in [0.05, 0.1) is 25.9 Å². The quantitative estimate of drug-likeness (QED) is 0.0691. The Labute approximate surface area is 282 Å². The lowest BCUT2D eigenvalue weighted by atomic mass is 10.1. The zero-order chi connectivity index (χ0) is 32.3. The van der Waals surface area contributed by atoms with E-state index in [1.54, 1.807) is 0 Å². The van der Waals surface area contributed by atoms with Crippen LogP contribution in [0.5, 0.6) is 17.2 Å². The predicted octanol–water partition coefficient (Wildman–Crippen LogP) is 14.4. The fourth-order valence-corrected chi connectivity index (χ4v) is 6.06. The van der Waals surface area contributed by atoms with E-state index in [-0.39, 0.29) is 0 Å². The van der Waals surface area contributed by atoms with Gasteiger partial charge < -0.3 is 14.2 Å². The van der Waals surface area contributed by atoms with Crippen LogP contribution in [0.1, 0.15) is 213 Å². The molecule has 45 heavy (non-hydrogen) atoms. The van der Waals surface area contributed by atoms with Gasteiger partial charge in [-0.1, -0.05) is 194 Å². The van der Waals surface area contributed by atoms with Crippen molar-refractivity contribution in [1.82, 2.24) is 0 Å². The van der Waals surface area contributed by atoms with Crippen molar-refractivity contribution in [3.8, 4) is 17.2 Å². The maximum atomic E-state index is 6.19. The van der Waals surface area contributed by atoms with Gasteiger partial charge in [0.2, 0.25) is 0 Å². The predicted molar refractivity (Wildman–Crippen MR) is 197 cm³/mol. The first kappa shape index (κ1) is 41.6. The first-order chi connectivity index (χ1) is 22.3. The maximum absolute atomic E-state index is 6.19. The standard InChI is InChI=1S/C42H77O3/c1-4-7-10-13-16-19-22-25-28-31-34-43-40-37-41(44-35-32-29-26-23-20-17-14-11-8-5-2)39-42(38-40)45-36-33-30-27-24-21-18-15-12-9-6-3/h37-38H,4-36H2,1-3H3. The molecule has 1 aromatic rings. The summed E-state index contributed by atoms with van der Waals surface area (Å²) in [4.78, 5) is 0. The first-order valence-electron chi connectivity index (χ1n) is 20.3. The molecule has 0 aliphatic rings. The van der Waals surface area contributed by atoms with E-state index in [0.717, 1.165) is 56.3 Å². The third kappa shape index (κ3) is 28.6. The highest BCUT2D eigenvalue weighted by molar-refractivity contribution is 5.40. The third-order valence-electron chi connectivity index (χ3n) is 9.07. The minimum absolute atomic E-state index is 0.743. The Morgan fingerprint density at radius 2 is 0.578 bits per heavy atom. The van der Waals surface area contributed by atoms with Gasteiger partial charge >= 0.3 is 0 Å². The average Bonchev–Trinajstić information content (AvgIpc) is 3.05. The minimum atomic E-state index is 0.743. The molecule has 0 saturated heterocycles. The first-order valence-corrected chi connectivity index (χ1v) is 20.3. The Balaban J connectivity index is 2.33. The molecule has 0 heterocycles. The molecule has 0 spiro atoms. The second kappa shape index (κ2) is 34.0. The fraction of sp³-hybridized carbons (Fsp3) is 0.857. The second-order valence-electron chi connectivity index (χ2n) is 13.6. The number of hydrogen-bond acceptors (Lipinski definition) is 3. The number of hydrogen-bond donors (Lipinski definition) is 0. The Kier molecular flexibility index (Phi) is 31.4. The Morgan fingerprint density at radius 1 is 0.333 bits per heavy atom. The van der Waals surface area contributed by atoms with Crippen LogP contribution in [0.3, 0.4) is 0 Å². The minimum Gasteiger partial charge on any atom is -0.493 e. The SMILES string of the molecule is CCCCCCCCCCCCOc1[c]c(OCCCCCCCCCCCC)cc(OCCCCCCCCCCCC)c1. The van der Waals surface area contributed by atoms with Crippen LogP contribution in [-0.4, -0.2) is 19.8 Å². The van der Waals surface area contributed by atoms with E-state index in [1.807, 2.05) is 12.1 Å². The molecule has 0 fully saturated rings. The molecule has 0 amide bonds. The molecule has 0 N–H and O–H groups in total. The molecule has 263 valence electrons. The second-order valence-corrected chi connectivity index (χ2v) is 13.6. The summed E-state index contributed by atoms with van der Waals surface area (Å²) in [5, 5.41) is 0. The van der Waals surface area contributed by atoms with E-state index in [9.17, 15) is 0 Å². The van der Waals surface area contributed by atoms with Gasteiger partial charge in [0.1, 0.15) is 17.2 Å². The molecule has 3 nitrogen and oxygen atoms in total. The molecule has 1 rings (SSSR count). The molecule has 0 unspecified atom stereocenters. The van der Waals surface area contributed by atoms with Crippen LogP contribution in [0.25, 0.3) is 0 Å². The highest BCUT2D eigenvalue weighted by Crippen LogP contribution is 2.28. The van der Waals surface area contributed by atoms with Crippen molar-refractivity contribution in [3.63, 3.8) is 0 Å². The van der Waals surface area contributed by atoms with E-state index in [2.05, 4.69) is 26.8 Å². The van der Waals surface area contributed by atoms with Gasteiger partial charge in [-0.15, -0.1) is 0 Å². The molecule has 0 atom stereocenters. The third-order valence-corrected chi connectivity index (χ3v) is 9.07. The number of rotatable bonds is 36. The molecular weight excluding hydrogens is 552 g/mol. The molecule has 0 bridgehead atoms. The van der Waals surface area contributed by atoms with Crippen LogP contribution >= 0.6 is 0 Å². The number of unbranched alkanes of at least 4 members (excludes halogenated alkanes) is 27. The van der Waals surface area contributed by atoms with Gasteiger partial charge in [-0.05, 0) is 19.3 Å². The molecule has 0 aliphatic carbocycles. The van der Waals surface area contributed by atoms with E-state index >= 15 is 0 Å². The van der Waals surface area contributed by atoms with Crippen LogP contribution in [0.2, 0.25) is 0 Å². The van der Waals surface area contributed by atoms with Crippen molar-refractivity contribution in [2.45, 2.75) is 213 Å². The van der Waals surface area contributed by atoms with Crippen molar-refractivity contribution in [1.29, 1.82) is 0 Å². The summed E-state index contributed by atoms with van der Waals surface area (Å²) in [6.45, 7) is 9.11. The van der Waals surface area contributed by atoms with Crippen molar-refractivity contribution >= 4 is 0 Å². The number of benzene rings is 1. The topological polar surface area (TPSA) is 27.7 Å². The van der Waals surface area contributed by atoms with Gasteiger partial charge in [0.15, 0.2) is 0 Å². The molecule has 1 radical (unpaired) electrons.